The van der Waals surface area contributed by atoms with Crippen LogP contribution >= 0.6 is 24.0 Å². The van der Waals surface area contributed by atoms with Crippen molar-refractivity contribution < 1.29 is 0 Å². The second kappa shape index (κ2) is 8.33. The van der Waals surface area contributed by atoms with Crippen LogP contribution in [-0.2, 0) is 6.54 Å². The number of pyridine rings is 1. The van der Waals surface area contributed by atoms with Gasteiger partial charge in [-0.15, -0.1) is 24.0 Å². The van der Waals surface area contributed by atoms with Crippen molar-refractivity contribution >= 4 is 41.3 Å². The normalized spacial score (nSPS) is 11.6. The van der Waals surface area contributed by atoms with Gasteiger partial charge in [-0.3, -0.25) is 0 Å². The molecule has 132 valence electrons. The SMILES string of the molecule is Cc1ccc2nc(CN=C(N)Nc3cccc(C(C)C)c3)cn2c1.I. The van der Waals surface area contributed by atoms with E-state index in [4.69, 9.17) is 5.73 Å². The standard InChI is InChI=1S/C19H23N5.HI/c1-13(2)15-5-4-6-16(9-15)23-19(20)21-10-17-12-24-11-14(3)7-8-18(24)22-17;/h4-9,11-13H,10H2,1-3H3,(H3,20,21,23);1H. The van der Waals surface area contributed by atoms with Crippen LogP contribution in [0.15, 0.2) is 53.8 Å². The molecule has 5 nitrogen and oxygen atoms in total. The van der Waals surface area contributed by atoms with Gasteiger partial charge < -0.3 is 15.5 Å². The van der Waals surface area contributed by atoms with Gasteiger partial charge in [-0.1, -0.05) is 32.0 Å². The summed E-state index contributed by atoms with van der Waals surface area (Å²) in [6, 6.07) is 12.3. The highest BCUT2D eigenvalue weighted by Gasteiger charge is 2.03. The number of benzene rings is 1. The van der Waals surface area contributed by atoms with E-state index in [1.54, 1.807) is 0 Å². The molecule has 0 bridgehead atoms. The summed E-state index contributed by atoms with van der Waals surface area (Å²) in [6.07, 6.45) is 4.03. The largest absolute Gasteiger partial charge is 0.370 e. The molecule has 6 heteroatoms. The van der Waals surface area contributed by atoms with Crippen molar-refractivity contribution in [2.45, 2.75) is 33.2 Å². The first-order valence-corrected chi connectivity index (χ1v) is 8.12. The summed E-state index contributed by atoms with van der Waals surface area (Å²) in [7, 11) is 0. The molecule has 0 amide bonds. The Morgan fingerprint density at radius 3 is 2.80 bits per heavy atom. The molecule has 3 N–H and O–H groups in total. The number of hydrogen-bond acceptors (Lipinski definition) is 2. The van der Waals surface area contributed by atoms with E-state index in [0.29, 0.717) is 18.4 Å². The number of nitrogens with one attached hydrogen (secondary N) is 1. The number of halogens is 1. The number of fused-ring (bicyclic) bond motifs is 1. The molecule has 0 aliphatic heterocycles. The Hall–Kier alpha value is -2.09. The molecule has 0 aliphatic carbocycles. The number of nitrogens with zero attached hydrogens (tertiary/aromatic N) is 3. The molecule has 25 heavy (non-hydrogen) atoms. The highest BCUT2D eigenvalue weighted by atomic mass is 127. The number of guanidine groups is 1. The summed E-state index contributed by atoms with van der Waals surface area (Å²) in [5.41, 5.74) is 11.2. The van der Waals surface area contributed by atoms with Gasteiger partial charge in [0.15, 0.2) is 5.96 Å². The van der Waals surface area contributed by atoms with E-state index in [0.717, 1.165) is 17.0 Å². The minimum Gasteiger partial charge on any atom is -0.370 e. The topological polar surface area (TPSA) is 67.7 Å². The number of aliphatic imine (C=N–C) groups is 1. The number of anilines is 1. The summed E-state index contributed by atoms with van der Waals surface area (Å²) in [4.78, 5) is 8.93. The van der Waals surface area contributed by atoms with Gasteiger partial charge in [0.1, 0.15) is 5.65 Å². The molecule has 0 unspecified atom stereocenters. The van der Waals surface area contributed by atoms with Crippen LogP contribution in [0.25, 0.3) is 5.65 Å². The Labute approximate surface area is 165 Å². The fraction of sp³-hybridized carbons (Fsp3) is 0.263. The molecule has 2 aromatic heterocycles. The van der Waals surface area contributed by atoms with Crippen molar-refractivity contribution in [1.82, 2.24) is 9.38 Å². The van der Waals surface area contributed by atoms with E-state index in [1.165, 1.54) is 11.1 Å². The third-order valence-corrected chi connectivity index (χ3v) is 3.89. The first-order valence-electron chi connectivity index (χ1n) is 8.12. The third kappa shape index (κ3) is 4.94. The number of nitrogens with two attached hydrogens (primary N) is 1. The van der Waals surface area contributed by atoms with Crippen molar-refractivity contribution in [3.63, 3.8) is 0 Å². The monoisotopic (exact) mass is 449 g/mol. The van der Waals surface area contributed by atoms with Crippen LogP contribution in [-0.4, -0.2) is 15.3 Å². The molecule has 0 atom stereocenters. The summed E-state index contributed by atoms with van der Waals surface area (Å²) < 4.78 is 2.01. The lowest BCUT2D eigenvalue weighted by Crippen LogP contribution is -2.22. The Kier molecular flexibility index (Phi) is 6.41. The Morgan fingerprint density at radius 1 is 1.24 bits per heavy atom. The molecule has 3 rings (SSSR count). The number of imidazole rings is 1. The van der Waals surface area contributed by atoms with E-state index in [-0.39, 0.29) is 24.0 Å². The molecule has 0 saturated carbocycles. The lowest BCUT2D eigenvalue weighted by Gasteiger charge is -2.09. The predicted molar refractivity (Wildman–Crippen MR) is 115 cm³/mol. The molecule has 3 aromatic rings. The van der Waals surface area contributed by atoms with Crippen molar-refractivity contribution in [2.24, 2.45) is 10.7 Å². The van der Waals surface area contributed by atoms with Crippen molar-refractivity contribution in [3.8, 4) is 0 Å². The summed E-state index contributed by atoms with van der Waals surface area (Å²) in [6.45, 7) is 6.84. The van der Waals surface area contributed by atoms with Gasteiger partial charge in [0, 0.05) is 18.1 Å². The van der Waals surface area contributed by atoms with Crippen molar-refractivity contribution in [2.75, 3.05) is 5.32 Å². The van der Waals surface area contributed by atoms with E-state index >= 15 is 0 Å². The number of aryl methyl sites for hydroxylation is 1. The maximum absolute atomic E-state index is 6.00. The molecule has 0 fully saturated rings. The van der Waals surface area contributed by atoms with Crippen LogP contribution in [0.1, 0.15) is 36.6 Å². The smallest absolute Gasteiger partial charge is 0.193 e. The minimum atomic E-state index is 0. The number of aromatic nitrogens is 2. The zero-order valence-corrected chi connectivity index (χ0v) is 17.1. The predicted octanol–water partition coefficient (Wildman–Crippen LogP) is 4.31. The van der Waals surface area contributed by atoms with Crippen LogP contribution in [0, 0.1) is 6.92 Å². The van der Waals surface area contributed by atoms with Gasteiger partial charge >= 0.3 is 0 Å². The Balaban J connectivity index is 0.00000225. The molecular weight excluding hydrogens is 425 g/mol. The van der Waals surface area contributed by atoms with E-state index in [1.807, 2.05) is 34.9 Å². The van der Waals surface area contributed by atoms with Gasteiger partial charge in [0.25, 0.3) is 0 Å². The van der Waals surface area contributed by atoms with E-state index < -0.39 is 0 Å². The first kappa shape index (κ1) is 19.2. The molecule has 0 aliphatic rings. The lowest BCUT2D eigenvalue weighted by molar-refractivity contribution is 0.867. The van der Waals surface area contributed by atoms with Gasteiger partial charge in [-0.25, -0.2) is 9.98 Å². The summed E-state index contributed by atoms with van der Waals surface area (Å²) in [5, 5.41) is 3.14. The second-order valence-electron chi connectivity index (χ2n) is 6.31. The van der Waals surface area contributed by atoms with Gasteiger partial charge in [0.05, 0.1) is 12.2 Å². The maximum atomic E-state index is 6.00. The van der Waals surface area contributed by atoms with Crippen LogP contribution < -0.4 is 11.1 Å². The fourth-order valence-corrected chi connectivity index (χ4v) is 2.56. The average Bonchev–Trinajstić information content (AvgIpc) is 2.95. The van der Waals surface area contributed by atoms with Crippen molar-refractivity contribution in [1.29, 1.82) is 0 Å². The quantitative estimate of drug-likeness (QED) is 0.355. The van der Waals surface area contributed by atoms with E-state index in [9.17, 15) is 0 Å². The Bertz CT molecular complexity index is 882. The van der Waals surface area contributed by atoms with Crippen LogP contribution in [0.3, 0.4) is 0 Å². The molecule has 2 heterocycles. The molecule has 1 aromatic carbocycles. The van der Waals surface area contributed by atoms with Gasteiger partial charge in [0.2, 0.25) is 0 Å². The zero-order valence-electron chi connectivity index (χ0n) is 14.7. The molecule has 0 spiro atoms. The van der Waals surface area contributed by atoms with Gasteiger partial charge in [-0.05, 0) is 42.2 Å². The highest BCUT2D eigenvalue weighted by molar-refractivity contribution is 14.0. The van der Waals surface area contributed by atoms with Crippen LogP contribution in [0.5, 0.6) is 0 Å². The van der Waals surface area contributed by atoms with Crippen molar-refractivity contribution in [3.05, 3.63) is 65.6 Å². The maximum Gasteiger partial charge on any atom is 0.193 e. The summed E-state index contributed by atoms with van der Waals surface area (Å²) >= 11 is 0. The minimum absolute atomic E-state index is 0. The van der Waals surface area contributed by atoms with Crippen LogP contribution in [0.2, 0.25) is 0 Å². The van der Waals surface area contributed by atoms with Crippen LogP contribution in [0.4, 0.5) is 5.69 Å². The highest BCUT2D eigenvalue weighted by Crippen LogP contribution is 2.18. The Morgan fingerprint density at radius 2 is 2.04 bits per heavy atom. The van der Waals surface area contributed by atoms with E-state index in [2.05, 4.69) is 54.4 Å². The first-order chi connectivity index (χ1) is 11.5. The third-order valence-electron chi connectivity index (χ3n) is 3.89. The summed E-state index contributed by atoms with van der Waals surface area (Å²) in [5.74, 6) is 0.871. The lowest BCUT2D eigenvalue weighted by atomic mass is 10.0. The average molecular weight is 449 g/mol. The molecule has 0 saturated heterocycles. The second-order valence-corrected chi connectivity index (χ2v) is 6.31. The number of rotatable bonds is 4. The number of hydrogen-bond donors (Lipinski definition) is 2. The molecule has 0 radical (unpaired) electrons. The zero-order chi connectivity index (χ0) is 17.1. The fourth-order valence-electron chi connectivity index (χ4n) is 2.56. The molecular formula is C19H24IN5. The van der Waals surface area contributed by atoms with Gasteiger partial charge in [-0.2, -0.15) is 0 Å².